The third kappa shape index (κ3) is 4.67. The number of amides is 1. The van der Waals surface area contributed by atoms with E-state index in [2.05, 4.69) is 16.2 Å². The number of halogens is 1. The predicted octanol–water partition coefficient (Wildman–Crippen LogP) is 1.86. The van der Waals surface area contributed by atoms with Crippen molar-refractivity contribution in [2.24, 2.45) is 5.92 Å². The van der Waals surface area contributed by atoms with Gasteiger partial charge in [0, 0.05) is 11.6 Å². The van der Waals surface area contributed by atoms with Crippen LogP contribution in [0, 0.1) is 5.92 Å². The lowest BCUT2D eigenvalue weighted by molar-refractivity contribution is -0.142. The monoisotopic (exact) mass is 339 g/mol. The molecule has 4 N–H and O–H groups in total. The molecule has 1 fully saturated rings. The number of hydrazine groups is 1. The van der Waals surface area contributed by atoms with Crippen LogP contribution in [0.2, 0.25) is 5.02 Å². The summed E-state index contributed by atoms with van der Waals surface area (Å²) in [5, 5.41) is 12.5. The SMILES string of the molecule is CCCCC(NC(=O)C1CNNC1c1cccc(Cl)c1)C(=O)O. The van der Waals surface area contributed by atoms with Crippen molar-refractivity contribution in [3.05, 3.63) is 34.9 Å². The molecule has 2 rings (SSSR count). The average Bonchev–Trinajstić information content (AvgIpc) is 3.00. The molecule has 0 bridgehead atoms. The van der Waals surface area contributed by atoms with Crippen molar-refractivity contribution in [2.75, 3.05) is 6.54 Å². The van der Waals surface area contributed by atoms with Crippen LogP contribution in [0.4, 0.5) is 0 Å². The fourth-order valence-electron chi connectivity index (χ4n) is 2.70. The first kappa shape index (κ1) is 17.7. The highest BCUT2D eigenvalue weighted by Gasteiger charge is 2.35. The van der Waals surface area contributed by atoms with E-state index in [4.69, 9.17) is 11.6 Å². The molecule has 1 saturated heterocycles. The van der Waals surface area contributed by atoms with Crippen LogP contribution < -0.4 is 16.2 Å². The van der Waals surface area contributed by atoms with E-state index in [-0.39, 0.29) is 11.9 Å². The fourth-order valence-corrected chi connectivity index (χ4v) is 2.90. The van der Waals surface area contributed by atoms with E-state index >= 15 is 0 Å². The average molecular weight is 340 g/mol. The standard InChI is InChI=1S/C16H22ClN3O3/c1-2-3-7-13(16(22)23)19-15(21)12-9-18-20-14(12)10-5-4-6-11(17)8-10/h4-6,8,12-14,18,20H,2-3,7,9H2,1H3,(H,19,21)(H,22,23). The number of carboxylic acid groups (broad SMARTS) is 1. The molecule has 126 valence electrons. The Bertz CT molecular complexity index is 567. The summed E-state index contributed by atoms with van der Waals surface area (Å²) in [7, 11) is 0. The van der Waals surface area contributed by atoms with E-state index in [1.165, 1.54) is 0 Å². The molecule has 1 heterocycles. The summed E-state index contributed by atoms with van der Waals surface area (Å²) in [6.45, 7) is 2.42. The molecule has 0 spiro atoms. The Balaban J connectivity index is 2.06. The van der Waals surface area contributed by atoms with E-state index < -0.39 is 17.9 Å². The number of aliphatic carboxylic acids is 1. The number of rotatable bonds is 7. The largest absolute Gasteiger partial charge is 0.480 e. The zero-order valence-electron chi connectivity index (χ0n) is 13.0. The molecule has 1 aromatic rings. The fraction of sp³-hybridized carbons (Fsp3) is 0.500. The van der Waals surface area contributed by atoms with Gasteiger partial charge in [-0.25, -0.2) is 10.2 Å². The molecule has 6 nitrogen and oxygen atoms in total. The summed E-state index contributed by atoms with van der Waals surface area (Å²) < 4.78 is 0. The summed E-state index contributed by atoms with van der Waals surface area (Å²) in [6, 6.07) is 6.21. The number of nitrogens with one attached hydrogen (secondary N) is 3. The lowest BCUT2D eigenvalue weighted by Gasteiger charge is -2.21. The van der Waals surface area contributed by atoms with Crippen molar-refractivity contribution < 1.29 is 14.7 Å². The van der Waals surface area contributed by atoms with Gasteiger partial charge in [-0.3, -0.25) is 10.2 Å². The van der Waals surface area contributed by atoms with Gasteiger partial charge in [-0.2, -0.15) is 0 Å². The number of unbranched alkanes of at least 4 members (excludes halogenated alkanes) is 1. The molecule has 1 aliphatic heterocycles. The zero-order chi connectivity index (χ0) is 16.8. The predicted molar refractivity (Wildman–Crippen MR) is 87.9 cm³/mol. The van der Waals surface area contributed by atoms with Crippen molar-refractivity contribution in [1.29, 1.82) is 0 Å². The molecule has 7 heteroatoms. The first-order valence-corrected chi connectivity index (χ1v) is 8.17. The van der Waals surface area contributed by atoms with Crippen LogP contribution >= 0.6 is 11.6 Å². The number of carboxylic acids is 1. The third-order valence-corrected chi connectivity index (χ3v) is 4.22. The van der Waals surface area contributed by atoms with Gasteiger partial charge in [-0.15, -0.1) is 0 Å². The second-order valence-corrected chi connectivity index (χ2v) is 6.14. The number of benzene rings is 1. The normalized spacial score (nSPS) is 21.8. The van der Waals surface area contributed by atoms with Crippen LogP contribution in [-0.2, 0) is 9.59 Å². The second kappa shape index (κ2) is 8.29. The van der Waals surface area contributed by atoms with Gasteiger partial charge in [0.05, 0.1) is 12.0 Å². The maximum atomic E-state index is 12.5. The lowest BCUT2D eigenvalue weighted by atomic mass is 9.93. The van der Waals surface area contributed by atoms with E-state index in [1.54, 1.807) is 12.1 Å². The van der Waals surface area contributed by atoms with Crippen molar-refractivity contribution in [3.8, 4) is 0 Å². The minimum absolute atomic E-state index is 0.241. The third-order valence-electron chi connectivity index (χ3n) is 3.99. The van der Waals surface area contributed by atoms with Crippen LogP contribution in [-0.4, -0.2) is 29.6 Å². The molecule has 0 saturated carbocycles. The van der Waals surface area contributed by atoms with Gasteiger partial charge < -0.3 is 10.4 Å². The first-order valence-electron chi connectivity index (χ1n) is 7.80. The van der Waals surface area contributed by atoms with E-state index in [0.29, 0.717) is 18.0 Å². The van der Waals surface area contributed by atoms with Gasteiger partial charge in [0.15, 0.2) is 0 Å². The molecule has 3 atom stereocenters. The molecule has 0 aliphatic carbocycles. The Hall–Kier alpha value is -1.63. The Kier molecular flexibility index (Phi) is 6.38. The summed E-state index contributed by atoms with van der Waals surface area (Å²) in [6.07, 6.45) is 2.08. The first-order chi connectivity index (χ1) is 11.0. The molecule has 0 aromatic heterocycles. The van der Waals surface area contributed by atoms with Gasteiger partial charge >= 0.3 is 5.97 Å². The Morgan fingerprint density at radius 1 is 1.48 bits per heavy atom. The number of hydrogen-bond donors (Lipinski definition) is 4. The highest BCUT2D eigenvalue weighted by molar-refractivity contribution is 6.30. The van der Waals surface area contributed by atoms with Crippen molar-refractivity contribution in [3.63, 3.8) is 0 Å². The van der Waals surface area contributed by atoms with Gasteiger partial charge in [-0.1, -0.05) is 43.5 Å². The van der Waals surface area contributed by atoms with Crippen molar-refractivity contribution in [2.45, 2.75) is 38.3 Å². The maximum absolute atomic E-state index is 12.5. The van der Waals surface area contributed by atoms with Crippen LogP contribution in [0.5, 0.6) is 0 Å². The lowest BCUT2D eigenvalue weighted by Crippen LogP contribution is -2.45. The van der Waals surface area contributed by atoms with E-state index in [1.807, 2.05) is 19.1 Å². The van der Waals surface area contributed by atoms with Crippen molar-refractivity contribution in [1.82, 2.24) is 16.2 Å². The van der Waals surface area contributed by atoms with Crippen LogP contribution in [0.1, 0.15) is 37.8 Å². The number of carbonyl (C=O) groups excluding carboxylic acids is 1. The molecular weight excluding hydrogens is 318 g/mol. The molecule has 0 radical (unpaired) electrons. The molecule has 23 heavy (non-hydrogen) atoms. The number of hydrogen-bond acceptors (Lipinski definition) is 4. The summed E-state index contributed by atoms with van der Waals surface area (Å²) in [5.74, 6) is -1.65. The molecular formula is C16H22ClN3O3. The Morgan fingerprint density at radius 3 is 2.91 bits per heavy atom. The van der Waals surface area contributed by atoms with Crippen LogP contribution in [0.3, 0.4) is 0 Å². The summed E-state index contributed by atoms with van der Waals surface area (Å²) in [4.78, 5) is 23.8. The summed E-state index contributed by atoms with van der Waals surface area (Å²) in [5.41, 5.74) is 6.92. The van der Waals surface area contributed by atoms with Gasteiger partial charge in [0.1, 0.15) is 6.04 Å². The van der Waals surface area contributed by atoms with Gasteiger partial charge in [0.2, 0.25) is 5.91 Å². The quantitative estimate of drug-likeness (QED) is 0.609. The molecule has 1 aliphatic rings. The zero-order valence-corrected chi connectivity index (χ0v) is 13.8. The van der Waals surface area contributed by atoms with Gasteiger partial charge in [0.25, 0.3) is 0 Å². The van der Waals surface area contributed by atoms with Crippen LogP contribution in [0.25, 0.3) is 0 Å². The smallest absolute Gasteiger partial charge is 0.326 e. The number of carbonyl (C=O) groups is 2. The Morgan fingerprint density at radius 2 is 2.26 bits per heavy atom. The minimum atomic E-state index is -0.995. The Labute approximate surface area is 140 Å². The minimum Gasteiger partial charge on any atom is -0.480 e. The molecule has 1 amide bonds. The van der Waals surface area contributed by atoms with Gasteiger partial charge in [-0.05, 0) is 24.1 Å². The molecule has 3 unspecified atom stereocenters. The van der Waals surface area contributed by atoms with Crippen molar-refractivity contribution >= 4 is 23.5 Å². The summed E-state index contributed by atoms with van der Waals surface area (Å²) >= 11 is 6.01. The van der Waals surface area contributed by atoms with E-state index in [0.717, 1.165) is 18.4 Å². The second-order valence-electron chi connectivity index (χ2n) is 5.71. The highest BCUT2D eigenvalue weighted by Crippen LogP contribution is 2.27. The molecule has 1 aromatic carbocycles. The maximum Gasteiger partial charge on any atom is 0.326 e. The van der Waals surface area contributed by atoms with E-state index in [9.17, 15) is 14.7 Å². The highest BCUT2D eigenvalue weighted by atomic mass is 35.5. The van der Waals surface area contributed by atoms with Crippen LogP contribution in [0.15, 0.2) is 24.3 Å². The topological polar surface area (TPSA) is 90.5 Å².